The molecule has 1 atom stereocenters. The van der Waals surface area contributed by atoms with Crippen LogP contribution in [0.5, 0.6) is 5.75 Å². The van der Waals surface area contributed by atoms with E-state index in [0.29, 0.717) is 35.7 Å². The normalized spacial score (nSPS) is 15.0. The number of nitrogens with zero attached hydrogens (tertiary/aromatic N) is 5. The zero-order chi connectivity index (χ0) is 32.8. The Bertz CT molecular complexity index is 1670. The number of amidine groups is 1. The molecule has 0 radical (unpaired) electrons. The third-order valence-corrected chi connectivity index (χ3v) is 8.37. The van der Waals surface area contributed by atoms with Gasteiger partial charge in [0.05, 0.1) is 5.69 Å². The molecule has 1 N–H and O–H groups in total. The van der Waals surface area contributed by atoms with Crippen molar-refractivity contribution in [1.82, 2.24) is 20.1 Å². The summed E-state index contributed by atoms with van der Waals surface area (Å²) in [6.45, 7) is 7.34. The lowest BCUT2D eigenvalue weighted by Crippen LogP contribution is -2.29. The van der Waals surface area contributed by atoms with Crippen molar-refractivity contribution in [1.29, 1.82) is 0 Å². The Morgan fingerprint density at radius 1 is 1.07 bits per heavy atom. The fourth-order valence-corrected chi connectivity index (χ4v) is 6.07. The molecule has 0 aliphatic carbocycles. The minimum atomic E-state index is -4.75. The molecular formula is C33H34F4N6O2S. The van der Waals surface area contributed by atoms with Gasteiger partial charge in [-0.15, -0.1) is 18.3 Å². The number of urea groups is 1. The van der Waals surface area contributed by atoms with Crippen LogP contribution in [0, 0.1) is 11.7 Å². The van der Waals surface area contributed by atoms with Crippen molar-refractivity contribution in [2.45, 2.75) is 45.9 Å². The van der Waals surface area contributed by atoms with Gasteiger partial charge in [0.15, 0.2) is 11.0 Å². The summed E-state index contributed by atoms with van der Waals surface area (Å²) in [7, 11) is 0. The molecule has 1 unspecified atom stereocenters. The largest absolute Gasteiger partial charge is 0.573 e. The van der Waals surface area contributed by atoms with Crippen molar-refractivity contribution < 1.29 is 27.1 Å². The lowest BCUT2D eigenvalue weighted by molar-refractivity contribution is -0.274. The van der Waals surface area contributed by atoms with Crippen LogP contribution < -0.4 is 15.0 Å². The Labute approximate surface area is 268 Å². The number of carbonyl (C=O) groups is 1. The first-order chi connectivity index (χ1) is 21.9. The smallest absolute Gasteiger partial charge is 0.406 e. The van der Waals surface area contributed by atoms with E-state index in [1.165, 1.54) is 53.1 Å². The molecule has 46 heavy (non-hydrogen) atoms. The van der Waals surface area contributed by atoms with Crippen molar-refractivity contribution in [2.75, 3.05) is 23.7 Å². The summed E-state index contributed by atoms with van der Waals surface area (Å²) in [4.78, 5) is 23.3. The van der Waals surface area contributed by atoms with E-state index in [0.717, 1.165) is 41.0 Å². The predicted octanol–water partition coefficient (Wildman–Crippen LogP) is 7.98. The van der Waals surface area contributed by atoms with Gasteiger partial charge in [0, 0.05) is 30.1 Å². The number of carbonyl (C=O) groups excluding carboxylic acids is 1. The number of halogens is 4. The Morgan fingerprint density at radius 2 is 1.80 bits per heavy atom. The van der Waals surface area contributed by atoms with Crippen molar-refractivity contribution >= 4 is 28.6 Å². The third-order valence-electron chi connectivity index (χ3n) is 7.41. The van der Waals surface area contributed by atoms with Gasteiger partial charge >= 0.3 is 12.4 Å². The molecule has 242 valence electrons. The first kappa shape index (κ1) is 33.0. The molecule has 3 aromatic carbocycles. The van der Waals surface area contributed by atoms with E-state index in [1.54, 1.807) is 12.1 Å². The maximum Gasteiger partial charge on any atom is 0.573 e. The number of benzene rings is 3. The molecule has 1 aliphatic heterocycles. The number of alkyl halides is 3. The second-order valence-corrected chi connectivity index (χ2v) is 12.4. The van der Waals surface area contributed by atoms with Gasteiger partial charge in [-0.2, -0.15) is 4.99 Å². The standard InChI is InChI=1S/C33H34F4N6O2S/c1-21(2)28-19-25(34)8-13-29(28)42-16-17-46-32(42)40-31(44)38-15-14-22(3)18-23-4-6-24(7-5-23)30-39-20-43(41-30)26-9-11-27(12-10-26)45-33(35,36)37/h4-13,19-22H,14-18H2,1-3H3,(H,38,44). The molecule has 0 bridgehead atoms. The summed E-state index contributed by atoms with van der Waals surface area (Å²) in [5, 5.41) is 7.97. The molecular weight excluding hydrogens is 620 g/mol. The molecule has 0 spiro atoms. The molecule has 1 aromatic heterocycles. The Morgan fingerprint density at radius 3 is 2.50 bits per heavy atom. The zero-order valence-corrected chi connectivity index (χ0v) is 26.4. The second kappa shape index (κ2) is 14.4. The monoisotopic (exact) mass is 654 g/mol. The molecule has 13 heteroatoms. The number of ether oxygens (including phenoxy) is 1. The van der Waals surface area contributed by atoms with Crippen LogP contribution in [0.4, 0.5) is 28.0 Å². The Hall–Kier alpha value is -4.39. The highest BCUT2D eigenvalue weighted by Crippen LogP contribution is 2.33. The van der Waals surface area contributed by atoms with E-state index >= 15 is 0 Å². The molecule has 5 rings (SSSR count). The molecule has 1 saturated heterocycles. The fraction of sp³-hybridized carbons (Fsp3) is 0.333. The lowest BCUT2D eigenvalue weighted by Gasteiger charge is -2.23. The van der Waals surface area contributed by atoms with Crippen LogP contribution in [0.1, 0.15) is 44.2 Å². The van der Waals surface area contributed by atoms with Crippen LogP contribution in [0.3, 0.4) is 0 Å². The van der Waals surface area contributed by atoms with Crippen molar-refractivity contribution in [3.8, 4) is 22.8 Å². The summed E-state index contributed by atoms with van der Waals surface area (Å²) in [5.41, 5.74) is 4.24. The van der Waals surface area contributed by atoms with E-state index in [4.69, 9.17) is 0 Å². The zero-order valence-electron chi connectivity index (χ0n) is 25.6. The van der Waals surface area contributed by atoms with Gasteiger partial charge in [-0.3, -0.25) is 0 Å². The van der Waals surface area contributed by atoms with Gasteiger partial charge in [-0.1, -0.05) is 56.8 Å². The number of amides is 2. The topological polar surface area (TPSA) is 84.6 Å². The Kier molecular flexibility index (Phi) is 10.3. The number of hydrogen-bond donors (Lipinski definition) is 1. The summed E-state index contributed by atoms with van der Waals surface area (Å²) < 4.78 is 56.5. The maximum absolute atomic E-state index is 13.9. The number of nitrogens with one attached hydrogen (secondary N) is 1. The third kappa shape index (κ3) is 8.65. The lowest BCUT2D eigenvalue weighted by atomic mass is 9.97. The van der Waals surface area contributed by atoms with E-state index in [1.807, 2.05) is 43.0 Å². The summed E-state index contributed by atoms with van der Waals surface area (Å²) in [6.07, 6.45) is -1.67. The fourth-order valence-electron chi connectivity index (χ4n) is 5.12. The molecule has 8 nitrogen and oxygen atoms in total. The van der Waals surface area contributed by atoms with Crippen LogP contribution in [-0.4, -0.2) is 51.2 Å². The minimum absolute atomic E-state index is 0.129. The highest BCUT2D eigenvalue weighted by Gasteiger charge is 2.31. The van der Waals surface area contributed by atoms with E-state index in [-0.39, 0.29) is 17.5 Å². The first-order valence-electron chi connectivity index (χ1n) is 14.9. The summed E-state index contributed by atoms with van der Waals surface area (Å²) >= 11 is 1.51. The van der Waals surface area contributed by atoms with Gasteiger partial charge in [0.2, 0.25) is 0 Å². The molecule has 2 amide bonds. The minimum Gasteiger partial charge on any atom is -0.406 e. The summed E-state index contributed by atoms with van der Waals surface area (Å²) in [6, 6.07) is 17.6. The van der Waals surface area contributed by atoms with Crippen molar-refractivity contribution in [3.63, 3.8) is 0 Å². The van der Waals surface area contributed by atoms with E-state index in [2.05, 4.69) is 32.1 Å². The van der Waals surface area contributed by atoms with Crippen LogP contribution >= 0.6 is 11.8 Å². The second-order valence-electron chi connectivity index (χ2n) is 11.3. The number of anilines is 1. The Balaban J connectivity index is 1.10. The highest BCUT2D eigenvalue weighted by atomic mass is 32.2. The quantitative estimate of drug-likeness (QED) is 0.175. The number of rotatable bonds is 10. The summed E-state index contributed by atoms with van der Waals surface area (Å²) in [5.74, 6) is 1.12. The van der Waals surface area contributed by atoms with E-state index in [9.17, 15) is 22.4 Å². The molecule has 1 fully saturated rings. The van der Waals surface area contributed by atoms with Gasteiger partial charge in [0.1, 0.15) is 17.9 Å². The molecule has 0 saturated carbocycles. The number of thioether (sulfide) groups is 1. The van der Waals surface area contributed by atoms with Crippen LogP contribution in [0.25, 0.3) is 17.1 Å². The average molecular weight is 655 g/mol. The van der Waals surface area contributed by atoms with Crippen LogP contribution in [0.15, 0.2) is 78.0 Å². The highest BCUT2D eigenvalue weighted by molar-refractivity contribution is 8.14. The van der Waals surface area contributed by atoms with Gasteiger partial charge in [0.25, 0.3) is 0 Å². The van der Waals surface area contributed by atoms with E-state index < -0.39 is 12.4 Å². The number of aliphatic imine (C=N–C) groups is 1. The van der Waals surface area contributed by atoms with Crippen molar-refractivity contribution in [3.05, 3.63) is 90.0 Å². The van der Waals surface area contributed by atoms with Gasteiger partial charge < -0.3 is 15.0 Å². The van der Waals surface area contributed by atoms with Crippen LogP contribution in [-0.2, 0) is 6.42 Å². The number of aromatic nitrogens is 3. The van der Waals surface area contributed by atoms with Crippen molar-refractivity contribution in [2.24, 2.45) is 10.9 Å². The molecule has 1 aliphatic rings. The van der Waals surface area contributed by atoms with Crippen LogP contribution in [0.2, 0.25) is 0 Å². The van der Waals surface area contributed by atoms with Gasteiger partial charge in [-0.25, -0.2) is 18.9 Å². The maximum atomic E-state index is 13.9. The average Bonchev–Trinajstić information content (AvgIpc) is 3.67. The number of hydrogen-bond acceptors (Lipinski definition) is 5. The molecule has 2 heterocycles. The molecule has 4 aromatic rings. The first-order valence-corrected chi connectivity index (χ1v) is 15.9. The SMILES string of the molecule is CC(CCNC(=O)N=C1SCCN1c1ccc(F)cc1C(C)C)Cc1ccc(-c2ncn(-c3ccc(OC(F)(F)F)cc3)n2)cc1. The predicted molar refractivity (Wildman–Crippen MR) is 172 cm³/mol. The van der Waals surface area contributed by atoms with Gasteiger partial charge in [-0.05, 0) is 78.3 Å².